The number of hydrogen-bond donors (Lipinski definition) is 2. The van der Waals surface area contributed by atoms with Gasteiger partial charge in [-0.05, 0) is 54.3 Å². The number of nitrogens with one attached hydrogen (secondary N) is 2. The molecule has 0 radical (unpaired) electrons. The molecule has 1 aliphatic rings. The topological polar surface area (TPSA) is 98.8 Å². The fourth-order valence-electron chi connectivity index (χ4n) is 4.78. The Balaban J connectivity index is 1.38. The van der Waals surface area contributed by atoms with Gasteiger partial charge in [-0.15, -0.1) is 0 Å². The summed E-state index contributed by atoms with van der Waals surface area (Å²) in [5.41, 5.74) is 1.14. The van der Waals surface area contributed by atoms with E-state index in [4.69, 9.17) is 0 Å². The van der Waals surface area contributed by atoms with Crippen LogP contribution < -0.4 is 10.6 Å². The maximum atomic E-state index is 13.5. The first-order valence-electron chi connectivity index (χ1n) is 13.3. The highest BCUT2D eigenvalue weighted by molar-refractivity contribution is 6.07. The van der Waals surface area contributed by atoms with E-state index >= 15 is 0 Å². The Bertz CT molecular complexity index is 1330. The monoisotopic (exact) mass is 526 g/mol. The van der Waals surface area contributed by atoms with E-state index in [2.05, 4.69) is 17.2 Å². The number of nitrogens with zero attached hydrogens (tertiary/aromatic N) is 2. The van der Waals surface area contributed by atoms with Crippen molar-refractivity contribution in [3.05, 3.63) is 96.6 Å². The Labute approximate surface area is 228 Å². The predicted molar refractivity (Wildman–Crippen MR) is 151 cm³/mol. The van der Waals surface area contributed by atoms with Gasteiger partial charge in [-0.1, -0.05) is 61.2 Å². The van der Waals surface area contributed by atoms with Crippen LogP contribution in [0.1, 0.15) is 40.0 Å². The van der Waals surface area contributed by atoms with E-state index in [-0.39, 0.29) is 23.6 Å². The Morgan fingerprint density at radius 1 is 0.821 bits per heavy atom. The average Bonchev–Trinajstić information content (AvgIpc) is 2.99. The summed E-state index contributed by atoms with van der Waals surface area (Å²) in [4.78, 5) is 54.6. The minimum absolute atomic E-state index is 0.0469. The number of hydrogen-bond acceptors (Lipinski definition) is 4. The van der Waals surface area contributed by atoms with Crippen LogP contribution in [0.4, 0.5) is 0 Å². The van der Waals surface area contributed by atoms with Gasteiger partial charge in [0.1, 0.15) is 6.04 Å². The Hall–Kier alpha value is -4.46. The van der Waals surface area contributed by atoms with E-state index in [9.17, 15) is 19.2 Å². The van der Waals surface area contributed by atoms with Crippen LogP contribution in [0.15, 0.2) is 85.5 Å². The molecule has 202 valence electrons. The Morgan fingerprint density at radius 2 is 1.49 bits per heavy atom. The van der Waals surface area contributed by atoms with E-state index in [0.29, 0.717) is 63.1 Å². The molecule has 1 heterocycles. The van der Waals surface area contributed by atoms with Gasteiger partial charge in [-0.3, -0.25) is 19.2 Å². The molecule has 3 aromatic carbocycles. The lowest BCUT2D eigenvalue weighted by Crippen LogP contribution is -2.55. The van der Waals surface area contributed by atoms with E-state index < -0.39 is 6.04 Å². The van der Waals surface area contributed by atoms with E-state index in [1.54, 1.807) is 34.1 Å². The zero-order valence-electron chi connectivity index (χ0n) is 22.0. The van der Waals surface area contributed by atoms with Crippen LogP contribution in [0.25, 0.3) is 10.8 Å². The molecule has 0 bridgehead atoms. The molecule has 2 N–H and O–H groups in total. The Morgan fingerprint density at radius 3 is 2.23 bits per heavy atom. The number of amides is 4. The van der Waals surface area contributed by atoms with Crippen molar-refractivity contribution in [3.8, 4) is 0 Å². The second kappa shape index (κ2) is 13.4. The number of benzene rings is 3. The smallest absolute Gasteiger partial charge is 0.254 e. The molecule has 0 aromatic heterocycles. The van der Waals surface area contributed by atoms with Crippen LogP contribution >= 0.6 is 0 Å². The van der Waals surface area contributed by atoms with Crippen molar-refractivity contribution in [2.75, 3.05) is 32.7 Å². The lowest BCUT2D eigenvalue weighted by Gasteiger charge is -2.36. The molecule has 0 spiro atoms. The first-order valence-corrected chi connectivity index (χ1v) is 13.3. The van der Waals surface area contributed by atoms with Gasteiger partial charge in [0.15, 0.2) is 0 Å². The largest absolute Gasteiger partial charge is 0.353 e. The molecule has 3 aromatic rings. The first kappa shape index (κ1) is 27.6. The standard InChI is InChI=1S/C31H34N4O4/c1-2-28(36)32-18-9-8-17-27(33-29(37)24-12-4-3-5-13-24)31(39)35-21-19-34(20-22-35)30(38)26-16-10-14-23-11-6-7-15-25(23)26/h2-7,10-16,27H,1,8-9,17-22H2,(H,32,36)(H,33,37)/t27-/m0/s1. The van der Waals surface area contributed by atoms with Crippen molar-refractivity contribution in [1.82, 2.24) is 20.4 Å². The number of piperazine rings is 1. The van der Waals surface area contributed by atoms with Gasteiger partial charge >= 0.3 is 0 Å². The molecule has 4 rings (SSSR count). The number of unbranched alkanes of at least 4 members (excludes halogenated alkanes) is 1. The third kappa shape index (κ3) is 7.10. The highest BCUT2D eigenvalue weighted by Crippen LogP contribution is 2.21. The highest BCUT2D eigenvalue weighted by Gasteiger charge is 2.30. The molecule has 8 nitrogen and oxygen atoms in total. The maximum absolute atomic E-state index is 13.5. The fourth-order valence-corrected chi connectivity index (χ4v) is 4.78. The number of carbonyl (C=O) groups excluding carboxylic acids is 4. The predicted octanol–water partition coefficient (Wildman–Crippen LogP) is 3.40. The third-order valence-electron chi connectivity index (χ3n) is 6.94. The van der Waals surface area contributed by atoms with Crippen molar-refractivity contribution in [2.45, 2.75) is 25.3 Å². The van der Waals surface area contributed by atoms with Crippen LogP contribution in [0.5, 0.6) is 0 Å². The summed E-state index contributed by atoms with van der Waals surface area (Å²) in [6.07, 6.45) is 2.97. The summed E-state index contributed by atoms with van der Waals surface area (Å²) in [5.74, 6) is -0.754. The second-order valence-electron chi connectivity index (χ2n) is 9.53. The third-order valence-corrected chi connectivity index (χ3v) is 6.94. The Kier molecular flexibility index (Phi) is 9.45. The molecule has 8 heteroatoms. The molecule has 4 amide bonds. The lowest BCUT2D eigenvalue weighted by molar-refractivity contribution is -0.135. The van der Waals surface area contributed by atoms with Crippen molar-refractivity contribution in [1.29, 1.82) is 0 Å². The van der Waals surface area contributed by atoms with Gasteiger partial charge in [0.2, 0.25) is 11.8 Å². The van der Waals surface area contributed by atoms with E-state index in [0.717, 1.165) is 10.8 Å². The molecule has 1 aliphatic heterocycles. The number of carbonyl (C=O) groups is 4. The van der Waals surface area contributed by atoms with Gasteiger partial charge in [0.05, 0.1) is 0 Å². The van der Waals surface area contributed by atoms with Gasteiger partial charge in [0, 0.05) is 43.9 Å². The molecule has 0 unspecified atom stereocenters. The maximum Gasteiger partial charge on any atom is 0.254 e. The van der Waals surface area contributed by atoms with Crippen LogP contribution in [0, 0.1) is 0 Å². The average molecular weight is 527 g/mol. The quantitative estimate of drug-likeness (QED) is 0.313. The molecule has 0 aliphatic carbocycles. The molecule has 0 saturated carbocycles. The van der Waals surface area contributed by atoms with Crippen LogP contribution in [-0.2, 0) is 9.59 Å². The summed E-state index contributed by atoms with van der Waals surface area (Å²) < 4.78 is 0. The lowest BCUT2D eigenvalue weighted by atomic mass is 10.0. The van der Waals surface area contributed by atoms with Gasteiger partial charge < -0.3 is 20.4 Å². The zero-order valence-corrected chi connectivity index (χ0v) is 22.0. The normalized spacial score (nSPS) is 13.9. The summed E-state index contributed by atoms with van der Waals surface area (Å²) in [6.45, 7) is 5.52. The van der Waals surface area contributed by atoms with Gasteiger partial charge in [-0.25, -0.2) is 0 Å². The van der Waals surface area contributed by atoms with Crippen LogP contribution in [0.2, 0.25) is 0 Å². The SMILES string of the molecule is C=CC(=O)NCCCC[C@H](NC(=O)c1ccccc1)C(=O)N1CCN(C(=O)c2cccc3ccccc23)CC1. The second-order valence-corrected chi connectivity index (χ2v) is 9.53. The molecular formula is C31H34N4O4. The fraction of sp³-hybridized carbons (Fsp3) is 0.290. The van der Waals surface area contributed by atoms with E-state index in [1.807, 2.05) is 48.5 Å². The van der Waals surface area contributed by atoms with Crippen molar-refractivity contribution in [3.63, 3.8) is 0 Å². The molecule has 1 atom stereocenters. The molecule has 1 saturated heterocycles. The summed E-state index contributed by atoms with van der Waals surface area (Å²) in [5, 5.41) is 7.56. The van der Waals surface area contributed by atoms with E-state index in [1.165, 1.54) is 6.08 Å². The van der Waals surface area contributed by atoms with Crippen molar-refractivity contribution >= 4 is 34.4 Å². The molecule has 39 heavy (non-hydrogen) atoms. The van der Waals surface area contributed by atoms with Crippen molar-refractivity contribution < 1.29 is 19.2 Å². The van der Waals surface area contributed by atoms with Gasteiger partial charge in [0.25, 0.3) is 11.8 Å². The summed E-state index contributed by atoms with van der Waals surface area (Å²) >= 11 is 0. The zero-order chi connectivity index (χ0) is 27.6. The minimum Gasteiger partial charge on any atom is -0.353 e. The van der Waals surface area contributed by atoms with Crippen LogP contribution in [0.3, 0.4) is 0 Å². The first-order chi connectivity index (χ1) is 19.0. The molecular weight excluding hydrogens is 492 g/mol. The van der Waals surface area contributed by atoms with Gasteiger partial charge in [-0.2, -0.15) is 0 Å². The summed E-state index contributed by atoms with van der Waals surface area (Å²) in [7, 11) is 0. The molecule has 1 fully saturated rings. The number of rotatable bonds is 10. The van der Waals surface area contributed by atoms with Crippen LogP contribution in [-0.4, -0.2) is 72.2 Å². The summed E-state index contributed by atoms with van der Waals surface area (Å²) in [6, 6.07) is 21.6. The minimum atomic E-state index is -0.701. The van der Waals surface area contributed by atoms with Crippen molar-refractivity contribution in [2.24, 2.45) is 0 Å². The highest BCUT2D eigenvalue weighted by atomic mass is 16.2. The number of fused-ring (bicyclic) bond motifs is 1.